The topological polar surface area (TPSA) is 49.0 Å². The molecule has 21 heavy (non-hydrogen) atoms. The van der Waals surface area contributed by atoms with Crippen molar-refractivity contribution in [3.8, 4) is 0 Å². The Morgan fingerprint density at radius 2 is 2.05 bits per heavy atom. The zero-order valence-electron chi connectivity index (χ0n) is 11.5. The van der Waals surface area contributed by atoms with Crippen molar-refractivity contribution in [1.82, 2.24) is 9.97 Å². The summed E-state index contributed by atoms with van der Waals surface area (Å²) in [7, 11) is 0. The molecule has 2 aromatic carbocycles. The van der Waals surface area contributed by atoms with Gasteiger partial charge in [-0.25, -0.2) is 4.98 Å². The molecule has 3 aromatic rings. The quantitative estimate of drug-likeness (QED) is 0.742. The predicted octanol–water partition coefficient (Wildman–Crippen LogP) is 3.16. The number of hydrogen-bond acceptors (Lipinski definition) is 2. The SMILES string of the molecule is O=C(c1cccc2[nH]cnc12)N1CCCc2ccccc21. The normalized spacial score (nSPS) is 14.2. The lowest BCUT2D eigenvalue weighted by Gasteiger charge is -2.29. The summed E-state index contributed by atoms with van der Waals surface area (Å²) in [6, 6.07) is 13.8. The molecule has 0 unspecified atom stereocenters. The van der Waals surface area contributed by atoms with E-state index in [9.17, 15) is 4.79 Å². The minimum atomic E-state index is 0.0276. The lowest BCUT2D eigenvalue weighted by atomic mass is 10.0. The molecule has 0 saturated carbocycles. The summed E-state index contributed by atoms with van der Waals surface area (Å²) in [6.07, 6.45) is 3.66. The number of para-hydroxylation sites is 2. The van der Waals surface area contributed by atoms with Crippen molar-refractivity contribution in [3.63, 3.8) is 0 Å². The zero-order chi connectivity index (χ0) is 14.2. The van der Waals surface area contributed by atoms with E-state index in [1.807, 2.05) is 41.3 Å². The molecule has 4 nitrogen and oxygen atoms in total. The molecule has 0 bridgehead atoms. The van der Waals surface area contributed by atoms with Crippen LogP contribution >= 0.6 is 0 Å². The second kappa shape index (κ2) is 4.74. The van der Waals surface area contributed by atoms with Gasteiger partial charge in [-0.15, -0.1) is 0 Å². The maximum atomic E-state index is 12.9. The van der Waals surface area contributed by atoms with Gasteiger partial charge in [0.25, 0.3) is 5.91 Å². The van der Waals surface area contributed by atoms with E-state index in [0.717, 1.165) is 36.1 Å². The van der Waals surface area contributed by atoms with Gasteiger partial charge in [-0.05, 0) is 36.6 Å². The van der Waals surface area contributed by atoms with Crippen molar-refractivity contribution < 1.29 is 4.79 Å². The molecule has 4 rings (SSSR count). The minimum Gasteiger partial charge on any atom is -0.345 e. The number of H-pyrrole nitrogens is 1. The summed E-state index contributed by atoms with van der Waals surface area (Å²) in [6.45, 7) is 0.761. The Balaban J connectivity index is 1.81. The van der Waals surface area contributed by atoms with Crippen LogP contribution in [0.2, 0.25) is 0 Å². The molecule has 1 aliphatic heterocycles. The Labute approximate surface area is 122 Å². The number of aryl methyl sites for hydroxylation is 1. The Morgan fingerprint density at radius 3 is 3.00 bits per heavy atom. The van der Waals surface area contributed by atoms with E-state index in [1.54, 1.807) is 6.33 Å². The highest BCUT2D eigenvalue weighted by molar-refractivity contribution is 6.13. The van der Waals surface area contributed by atoms with Crippen LogP contribution in [0.5, 0.6) is 0 Å². The maximum absolute atomic E-state index is 12.9. The third kappa shape index (κ3) is 1.91. The second-order valence-corrected chi connectivity index (χ2v) is 5.29. The molecule has 2 heterocycles. The first-order chi connectivity index (χ1) is 10.3. The number of amides is 1. The molecule has 1 N–H and O–H groups in total. The number of hydrogen-bond donors (Lipinski definition) is 1. The smallest absolute Gasteiger partial charge is 0.260 e. The van der Waals surface area contributed by atoms with Gasteiger partial charge in [0.2, 0.25) is 0 Å². The minimum absolute atomic E-state index is 0.0276. The standard InChI is InChI=1S/C17H15N3O/c21-17(13-7-3-8-14-16(13)19-11-18-14)20-10-4-6-12-5-1-2-9-15(12)20/h1-3,5,7-9,11H,4,6,10H2,(H,18,19). The van der Waals surface area contributed by atoms with Crippen LogP contribution in [0.25, 0.3) is 11.0 Å². The summed E-state index contributed by atoms with van der Waals surface area (Å²) in [5.74, 6) is 0.0276. The van der Waals surface area contributed by atoms with E-state index in [1.165, 1.54) is 5.56 Å². The molecule has 104 valence electrons. The molecule has 1 aliphatic rings. The summed E-state index contributed by atoms with van der Waals surface area (Å²) in [5.41, 5.74) is 4.56. The van der Waals surface area contributed by atoms with Gasteiger partial charge in [0, 0.05) is 12.2 Å². The molecule has 1 amide bonds. The van der Waals surface area contributed by atoms with Gasteiger partial charge in [-0.2, -0.15) is 0 Å². The van der Waals surface area contributed by atoms with Gasteiger partial charge in [0.15, 0.2) is 0 Å². The number of rotatable bonds is 1. The molecular weight excluding hydrogens is 262 g/mol. The summed E-state index contributed by atoms with van der Waals surface area (Å²) < 4.78 is 0. The Bertz CT molecular complexity index is 822. The molecule has 1 aromatic heterocycles. The van der Waals surface area contributed by atoms with Crippen LogP contribution in [0.3, 0.4) is 0 Å². The monoisotopic (exact) mass is 277 g/mol. The van der Waals surface area contributed by atoms with Crippen molar-refractivity contribution in [3.05, 3.63) is 59.9 Å². The number of aromatic nitrogens is 2. The molecular formula is C17H15N3O. The van der Waals surface area contributed by atoms with Crippen LogP contribution in [0.1, 0.15) is 22.3 Å². The highest BCUT2D eigenvalue weighted by Gasteiger charge is 2.24. The Morgan fingerprint density at radius 1 is 1.14 bits per heavy atom. The van der Waals surface area contributed by atoms with Gasteiger partial charge < -0.3 is 9.88 Å². The van der Waals surface area contributed by atoms with Crippen molar-refractivity contribution in [1.29, 1.82) is 0 Å². The third-order valence-corrected chi connectivity index (χ3v) is 4.04. The van der Waals surface area contributed by atoms with E-state index in [0.29, 0.717) is 5.56 Å². The second-order valence-electron chi connectivity index (χ2n) is 5.29. The van der Waals surface area contributed by atoms with Crippen LogP contribution in [0, 0.1) is 0 Å². The van der Waals surface area contributed by atoms with Crippen LogP contribution in [-0.2, 0) is 6.42 Å². The number of imidazole rings is 1. The van der Waals surface area contributed by atoms with Gasteiger partial charge in [-0.1, -0.05) is 24.3 Å². The number of benzene rings is 2. The number of anilines is 1. The van der Waals surface area contributed by atoms with Gasteiger partial charge >= 0.3 is 0 Å². The summed E-state index contributed by atoms with van der Waals surface area (Å²) in [4.78, 5) is 22.2. The van der Waals surface area contributed by atoms with Gasteiger partial charge in [0.05, 0.1) is 17.4 Å². The van der Waals surface area contributed by atoms with Crippen molar-refractivity contribution in [2.45, 2.75) is 12.8 Å². The molecule has 0 saturated heterocycles. The number of carbonyl (C=O) groups excluding carboxylic acids is 1. The first-order valence-electron chi connectivity index (χ1n) is 7.16. The fraction of sp³-hybridized carbons (Fsp3) is 0.176. The summed E-state index contributed by atoms with van der Waals surface area (Å²) in [5, 5.41) is 0. The number of aromatic amines is 1. The molecule has 0 atom stereocenters. The lowest BCUT2D eigenvalue weighted by Crippen LogP contribution is -2.35. The fourth-order valence-corrected chi connectivity index (χ4v) is 3.03. The molecule has 0 radical (unpaired) electrons. The molecule has 0 spiro atoms. The van der Waals surface area contributed by atoms with Gasteiger partial charge in [-0.3, -0.25) is 4.79 Å². The van der Waals surface area contributed by atoms with Crippen LogP contribution in [0.15, 0.2) is 48.8 Å². The average Bonchev–Trinajstić information content (AvgIpc) is 3.02. The number of fused-ring (bicyclic) bond motifs is 2. The average molecular weight is 277 g/mol. The number of nitrogens with zero attached hydrogens (tertiary/aromatic N) is 2. The van der Waals surface area contributed by atoms with Crippen molar-refractivity contribution >= 4 is 22.6 Å². The maximum Gasteiger partial charge on any atom is 0.260 e. The highest BCUT2D eigenvalue weighted by atomic mass is 16.2. The fourth-order valence-electron chi connectivity index (χ4n) is 3.03. The van der Waals surface area contributed by atoms with Crippen LogP contribution in [0.4, 0.5) is 5.69 Å². The van der Waals surface area contributed by atoms with Crippen LogP contribution in [-0.4, -0.2) is 22.4 Å². The molecule has 4 heteroatoms. The van der Waals surface area contributed by atoms with E-state index in [2.05, 4.69) is 16.0 Å². The summed E-state index contributed by atoms with van der Waals surface area (Å²) >= 11 is 0. The highest BCUT2D eigenvalue weighted by Crippen LogP contribution is 2.29. The predicted molar refractivity (Wildman–Crippen MR) is 82.5 cm³/mol. The zero-order valence-corrected chi connectivity index (χ0v) is 11.5. The lowest BCUT2D eigenvalue weighted by molar-refractivity contribution is 0.0986. The Hall–Kier alpha value is -2.62. The number of carbonyl (C=O) groups is 1. The van der Waals surface area contributed by atoms with E-state index in [-0.39, 0.29) is 5.91 Å². The van der Waals surface area contributed by atoms with Crippen molar-refractivity contribution in [2.24, 2.45) is 0 Å². The number of nitrogens with one attached hydrogen (secondary N) is 1. The first-order valence-corrected chi connectivity index (χ1v) is 7.16. The van der Waals surface area contributed by atoms with Crippen molar-refractivity contribution in [2.75, 3.05) is 11.4 Å². The van der Waals surface area contributed by atoms with Crippen LogP contribution < -0.4 is 4.90 Å². The molecule has 0 fully saturated rings. The van der Waals surface area contributed by atoms with E-state index >= 15 is 0 Å². The van der Waals surface area contributed by atoms with Gasteiger partial charge in [0.1, 0.15) is 5.52 Å². The van der Waals surface area contributed by atoms with E-state index < -0.39 is 0 Å². The third-order valence-electron chi connectivity index (χ3n) is 4.04. The molecule has 0 aliphatic carbocycles. The Kier molecular flexibility index (Phi) is 2.74. The first kappa shape index (κ1) is 12.1. The largest absolute Gasteiger partial charge is 0.345 e. The van der Waals surface area contributed by atoms with E-state index in [4.69, 9.17) is 0 Å².